The zero-order valence-corrected chi connectivity index (χ0v) is 15.8. The van der Waals surface area contributed by atoms with Crippen molar-refractivity contribution in [1.29, 1.82) is 0 Å². The topological polar surface area (TPSA) is 73.6 Å². The zero-order chi connectivity index (χ0) is 18.3. The molecule has 0 spiro atoms. The molecule has 0 bridgehead atoms. The molecule has 1 aromatic rings. The molecule has 25 heavy (non-hydrogen) atoms. The second-order valence-electron chi connectivity index (χ2n) is 7.20. The van der Waals surface area contributed by atoms with Gasteiger partial charge in [0.05, 0.1) is 14.2 Å². The van der Waals surface area contributed by atoms with Crippen molar-refractivity contribution in [2.24, 2.45) is 5.73 Å². The fourth-order valence-electron chi connectivity index (χ4n) is 3.68. The summed E-state index contributed by atoms with van der Waals surface area (Å²) < 4.78 is 10.8. The molecule has 1 aliphatic rings. The van der Waals surface area contributed by atoms with Gasteiger partial charge in [0, 0.05) is 24.4 Å². The van der Waals surface area contributed by atoms with Crippen LogP contribution < -0.4 is 20.5 Å². The SMILES string of the molecule is COc1ccc(C2(CNC(=O)CCC(C)N)CCCCC2)cc1OC. The highest BCUT2D eigenvalue weighted by Gasteiger charge is 2.35. The number of hydrogen-bond donors (Lipinski definition) is 2. The van der Waals surface area contributed by atoms with Crippen molar-refractivity contribution >= 4 is 5.91 Å². The predicted octanol–water partition coefficient (Wildman–Crippen LogP) is 3.15. The van der Waals surface area contributed by atoms with Gasteiger partial charge in [-0.2, -0.15) is 0 Å². The molecule has 0 radical (unpaired) electrons. The summed E-state index contributed by atoms with van der Waals surface area (Å²) in [5.41, 5.74) is 6.94. The monoisotopic (exact) mass is 348 g/mol. The van der Waals surface area contributed by atoms with E-state index in [4.69, 9.17) is 15.2 Å². The maximum absolute atomic E-state index is 12.2. The lowest BCUT2D eigenvalue weighted by atomic mass is 9.69. The predicted molar refractivity (Wildman–Crippen MR) is 100 cm³/mol. The van der Waals surface area contributed by atoms with E-state index >= 15 is 0 Å². The third-order valence-electron chi connectivity index (χ3n) is 5.26. The Kier molecular flexibility index (Phi) is 7.12. The molecule has 0 aliphatic heterocycles. The van der Waals surface area contributed by atoms with Crippen LogP contribution >= 0.6 is 0 Å². The van der Waals surface area contributed by atoms with Crippen LogP contribution in [0.25, 0.3) is 0 Å². The van der Waals surface area contributed by atoms with E-state index in [2.05, 4.69) is 17.4 Å². The number of carbonyl (C=O) groups excluding carboxylic acids is 1. The van der Waals surface area contributed by atoms with Gasteiger partial charge >= 0.3 is 0 Å². The minimum Gasteiger partial charge on any atom is -0.493 e. The number of nitrogens with two attached hydrogens (primary N) is 1. The molecule has 0 aromatic heterocycles. The Labute approximate surface area is 151 Å². The molecule has 1 aliphatic carbocycles. The van der Waals surface area contributed by atoms with Crippen LogP contribution in [0.5, 0.6) is 11.5 Å². The van der Waals surface area contributed by atoms with Gasteiger partial charge in [-0.05, 0) is 43.9 Å². The lowest BCUT2D eigenvalue weighted by molar-refractivity contribution is -0.121. The van der Waals surface area contributed by atoms with Gasteiger partial charge < -0.3 is 20.5 Å². The first kappa shape index (κ1) is 19.6. The van der Waals surface area contributed by atoms with Gasteiger partial charge in [-0.15, -0.1) is 0 Å². The summed E-state index contributed by atoms with van der Waals surface area (Å²) in [6.07, 6.45) is 6.99. The number of rotatable bonds is 8. The molecule has 0 heterocycles. The molecule has 0 saturated heterocycles. The van der Waals surface area contributed by atoms with E-state index < -0.39 is 0 Å². The molecule has 2 rings (SSSR count). The maximum Gasteiger partial charge on any atom is 0.220 e. The molecule has 1 amide bonds. The fraction of sp³-hybridized carbons (Fsp3) is 0.650. The number of benzene rings is 1. The van der Waals surface area contributed by atoms with Crippen LogP contribution in [0.15, 0.2) is 18.2 Å². The van der Waals surface area contributed by atoms with Crippen molar-refractivity contribution in [2.75, 3.05) is 20.8 Å². The summed E-state index contributed by atoms with van der Waals surface area (Å²) >= 11 is 0. The number of ether oxygens (including phenoxy) is 2. The third-order valence-corrected chi connectivity index (χ3v) is 5.26. The minimum atomic E-state index is -0.0260. The van der Waals surface area contributed by atoms with Gasteiger partial charge in [0.1, 0.15) is 0 Å². The van der Waals surface area contributed by atoms with E-state index in [1.807, 2.05) is 13.0 Å². The smallest absolute Gasteiger partial charge is 0.220 e. The van der Waals surface area contributed by atoms with Crippen molar-refractivity contribution in [1.82, 2.24) is 5.32 Å². The first-order valence-corrected chi connectivity index (χ1v) is 9.25. The van der Waals surface area contributed by atoms with Gasteiger partial charge in [-0.3, -0.25) is 4.79 Å². The second-order valence-corrected chi connectivity index (χ2v) is 7.20. The van der Waals surface area contributed by atoms with E-state index in [1.165, 1.54) is 24.8 Å². The van der Waals surface area contributed by atoms with Crippen LogP contribution in [0, 0.1) is 0 Å². The van der Waals surface area contributed by atoms with Crippen molar-refractivity contribution < 1.29 is 14.3 Å². The molecule has 3 N–H and O–H groups in total. The van der Waals surface area contributed by atoms with Crippen LogP contribution in [-0.2, 0) is 10.2 Å². The van der Waals surface area contributed by atoms with Gasteiger partial charge in [0.15, 0.2) is 11.5 Å². The number of hydrogen-bond acceptors (Lipinski definition) is 4. The highest BCUT2D eigenvalue weighted by atomic mass is 16.5. The van der Waals surface area contributed by atoms with Crippen molar-refractivity contribution in [3.63, 3.8) is 0 Å². The maximum atomic E-state index is 12.2. The minimum absolute atomic E-state index is 0.0260. The lowest BCUT2D eigenvalue weighted by Crippen LogP contribution is -2.42. The third kappa shape index (κ3) is 5.11. The van der Waals surface area contributed by atoms with Gasteiger partial charge in [-0.25, -0.2) is 0 Å². The average molecular weight is 348 g/mol. The van der Waals surface area contributed by atoms with Crippen LogP contribution in [-0.4, -0.2) is 32.7 Å². The van der Waals surface area contributed by atoms with E-state index in [0.717, 1.165) is 30.8 Å². The van der Waals surface area contributed by atoms with Crippen LogP contribution in [0.2, 0.25) is 0 Å². The Morgan fingerprint density at radius 2 is 1.88 bits per heavy atom. The summed E-state index contributed by atoms with van der Waals surface area (Å²) in [6, 6.07) is 6.20. The van der Waals surface area contributed by atoms with Crippen molar-refractivity contribution in [2.45, 2.75) is 63.3 Å². The molecule has 1 saturated carbocycles. The van der Waals surface area contributed by atoms with E-state index in [1.54, 1.807) is 14.2 Å². The van der Waals surface area contributed by atoms with Crippen molar-refractivity contribution in [3.05, 3.63) is 23.8 Å². The lowest BCUT2D eigenvalue weighted by Gasteiger charge is -2.38. The number of methoxy groups -OCH3 is 2. The summed E-state index contributed by atoms with van der Waals surface area (Å²) in [5, 5.41) is 3.15. The Balaban J connectivity index is 2.16. The molecule has 5 heteroatoms. The van der Waals surface area contributed by atoms with Crippen LogP contribution in [0.1, 0.15) is 57.4 Å². The Morgan fingerprint density at radius 3 is 2.48 bits per heavy atom. The zero-order valence-electron chi connectivity index (χ0n) is 15.8. The molecule has 1 fully saturated rings. The summed E-state index contributed by atoms with van der Waals surface area (Å²) in [5.74, 6) is 1.56. The molecule has 1 aromatic carbocycles. The largest absolute Gasteiger partial charge is 0.493 e. The molecular formula is C20H32N2O3. The second kappa shape index (κ2) is 9.09. The average Bonchev–Trinajstić information content (AvgIpc) is 2.64. The summed E-state index contributed by atoms with van der Waals surface area (Å²) in [4.78, 5) is 12.2. The van der Waals surface area contributed by atoms with Crippen LogP contribution in [0.4, 0.5) is 0 Å². The summed E-state index contributed by atoms with van der Waals surface area (Å²) in [6.45, 7) is 2.60. The summed E-state index contributed by atoms with van der Waals surface area (Å²) in [7, 11) is 3.30. The number of amides is 1. The molecular weight excluding hydrogens is 316 g/mol. The Hall–Kier alpha value is -1.75. The standard InChI is InChI=1S/C20H32N2O3/c1-15(21)7-10-19(23)22-14-20(11-5-4-6-12-20)16-8-9-17(24-2)18(13-16)25-3/h8-9,13,15H,4-7,10-12,14,21H2,1-3H3,(H,22,23). The Bertz CT molecular complexity index is 566. The highest BCUT2D eigenvalue weighted by molar-refractivity contribution is 5.76. The van der Waals surface area contributed by atoms with E-state index in [0.29, 0.717) is 13.0 Å². The molecule has 5 nitrogen and oxygen atoms in total. The first-order chi connectivity index (χ1) is 12.0. The molecule has 1 unspecified atom stereocenters. The van der Waals surface area contributed by atoms with E-state index in [9.17, 15) is 4.79 Å². The molecule has 1 atom stereocenters. The van der Waals surface area contributed by atoms with Gasteiger partial charge in [0.2, 0.25) is 5.91 Å². The fourth-order valence-corrected chi connectivity index (χ4v) is 3.68. The normalized spacial score (nSPS) is 17.6. The number of nitrogens with one attached hydrogen (secondary N) is 1. The Morgan fingerprint density at radius 1 is 1.20 bits per heavy atom. The van der Waals surface area contributed by atoms with Gasteiger partial charge in [0.25, 0.3) is 0 Å². The first-order valence-electron chi connectivity index (χ1n) is 9.25. The van der Waals surface area contributed by atoms with Gasteiger partial charge in [-0.1, -0.05) is 25.3 Å². The van der Waals surface area contributed by atoms with Crippen molar-refractivity contribution in [3.8, 4) is 11.5 Å². The van der Waals surface area contributed by atoms with Crippen LogP contribution in [0.3, 0.4) is 0 Å². The molecule has 140 valence electrons. The number of carbonyl (C=O) groups is 1. The quantitative estimate of drug-likeness (QED) is 0.757. The highest BCUT2D eigenvalue weighted by Crippen LogP contribution is 2.42. The van der Waals surface area contributed by atoms with E-state index in [-0.39, 0.29) is 17.4 Å².